The molecule has 3 nitrogen and oxygen atoms in total. The van der Waals surface area contributed by atoms with Gasteiger partial charge in [-0.1, -0.05) is 0 Å². The third-order valence-corrected chi connectivity index (χ3v) is 3.20. The van der Waals surface area contributed by atoms with Gasteiger partial charge in [-0.2, -0.15) is 5.26 Å². The van der Waals surface area contributed by atoms with Gasteiger partial charge in [-0.15, -0.1) is 0 Å². The first-order chi connectivity index (χ1) is 7.47. The van der Waals surface area contributed by atoms with Crippen molar-refractivity contribution in [3.05, 3.63) is 22.2 Å². The Morgan fingerprint density at radius 2 is 1.69 bits per heavy atom. The largest absolute Gasteiger partial charge is 0.496 e. The fourth-order valence-electron chi connectivity index (χ4n) is 1.51. The third-order valence-electron chi connectivity index (χ3n) is 2.41. The minimum absolute atomic E-state index is 0.640. The number of methoxy groups -OCH3 is 2. The molecule has 16 heavy (non-hydrogen) atoms. The quantitative estimate of drug-likeness (QED) is 0.855. The molecular formula is C12H14BrNO2. The van der Waals surface area contributed by atoms with E-state index < -0.39 is 5.41 Å². The van der Waals surface area contributed by atoms with Crippen molar-refractivity contribution in [2.45, 2.75) is 19.3 Å². The van der Waals surface area contributed by atoms with E-state index in [2.05, 4.69) is 22.0 Å². The Morgan fingerprint density at radius 1 is 1.19 bits per heavy atom. The molecular weight excluding hydrogens is 270 g/mol. The van der Waals surface area contributed by atoms with Crippen LogP contribution in [-0.4, -0.2) is 14.2 Å². The van der Waals surface area contributed by atoms with Crippen LogP contribution in [0.4, 0.5) is 0 Å². The van der Waals surface area contributed by atoms with Gasteiger partial charge in [0.1, 0.15) is 11.5 Å². The first-order valence-electron chi connectivity index (χ1n) is 4.80. The van der Waals surface area contributed by atoms with Crippen molar-refractivity contribution in [2.75, 3.05) is 14.2 Å². The molecule has 0 aliphatic rings. The third kappa shape index (κ3) is 2.14. The van der Waals surface area contributed by atoms with Gasteiger partial charge in [-0.25, -0.2) is 0 Å². The molecule has 0 unspecified atom stereocenters. The second-order valence-corrected chi connectivity index (χ2v) is 4.69. The topological polar surface area (TPSA) is 42.2 Å². The second kappa shape index (κ2) is 4.75. The van der Waals surface area contributed by atoms with E-state index in [-0.39, 0.29) is 0 Å². The molecule has 0 aliphatic heterocycles. The summed E-state index contributed by atoms with van der Waals surface area (Å²) in [6.45, 7) is 3.68. The number of nitrogens with zero attached hydrogens (tertiary/aromatic N) is 1. The van der Waals surface area contributed by atoms with Gasteiger partial charge in [-0.3, -0.25) is 0 Å². The molecule has 4 heteroatoms. The van der Waals surface area contributed by atoms with Crippen LogP contribution in [0.15, 0.2) is 16.6 Å². The van der Waals surface area contributed by atoms with Crippen molar-refractivity contribution >= 4 is 15.9 Å². The predicted molar refractivity (Wildman–Crippen MR) is 65.9 cm³/mol. The Balaban J connectivity index is 3.51. The maximum atomic E-state index is 9.19. The summed E-state index contributed by atoms with van der Waals surface area (Å²) in [7, 11) is 3.18. The van der Waals surface area contributed by atoms with E-state index in [1.165, 1.54) is 0 Å². The monoisotopic (exact) mass is 283 g/mol. The number of ether oxygens (including phenoxy) is 2. The van der Waals surface area contributed by atoms with Crippen molar-refractivity contribution in [3.8, 4) is 17.6 Å². The number of rotatable bonds is 3. The molecule has 0 bridgehead atoms. The Labute approximate surface area is 104 Å². The molecule has 0 fully saturated rings. The summed E-state index contributed by atoms with van der Waals surface area (Å²) in [6.07, 6.45) is 0. The lowest BCUT2D eigenvalue weighted by Gasteiger charge is -2.22. The molecule has 0 aromatic heterocycles. The molecule has 1 aromatic carbocycles. The van der Waals surface area contributed by atoms with Gasteiger partial charge in [0.2, 0.25) is 0 Å². The number of benzene rings is 1. The van der Waals surface area contributed by atoms with Gasteiger partial charge in [0, 0.05) is 5.56 Å². The molecule has 0 saturated heterocycles. The van der Waals surface area contributed by atoms with Gasteiger partial charge >= 0.3 is 0 Å². The predicted octanol–water partition coefficient (Wildman–Crippen LogP) is 3.27. The van der Waals surface area contributed by atoms with E-state index in [0.29, 0.717) is 11.5 Å². The summed E-state index contributed by atoms with van der Waals surface area (Å²) in [6, 6.07) is 5.87. The van der Waals surface area contributed by atoms with Gasteiger partial charge in [0.25, 0.3) is 0 Å². The van der Waals surface area contributed by atoms with Crippen LogP contribution in [-0.2, 0) is 5.41 Å². The maximum Gasteiger partial charge on any atom is 0.133 e. The molecule has 0 saturated carbocycles. The molecule has 0 atom stereocenters. The van der Waals surface area contributed by atoms with Gasteiger partial charge in [-0.05, 0) is 41.9 Å². The van der Waals surface area contributed by atoms with Crippen molar-refractivity contribution in [2.24, 2.45) is 0 Å². The van der Waals surface area contributed by atoms with Crippen LogP contribution in [0.1, 0.15) is 19.4 Å². The smallest absolute Gasteiger partial charge is 0.133 e. The zero-order chi connectivity index (χ0) is 12.3. The van der Waals surface area contributed by atoms with Crippen molar-refractivity contribution < 1.29 is 9.47 Å². The van der Waals surface area contributed by atoms with E-state index in [4.69, 9.17) is 9.47 Å². The van der Waals surface area contributed by atoms with E-state index in [9.17, 15) is 5.26 Å². The summed E-state index contributed by atoms with van der Waals surface area (Å²) in [4.78, 5) is 0. The lowest BCUT2D eigenvalue weighted by molar-refractivity contribution is 0.390. The lowest BCUT2D eigenvalue weighted by Crippen LogP contribution is -2.16. The van der Waals surface area contributed by atoms with Gasteiger partial charge in [0.15, 0.2) is 0 Å². The average Bonchev–Trinajstić information content (AvgIpc) is 2.28. The highest BCUT2D eigenvalue weighted by molar-refractivity contribution is 9.10. The average molecular weight is 284 g/mol. The SMILES string of the molecule is COc1ccc(OC)c(C(C)(C)C#N)c1Br. The van der Waals surface area contributed by atoms with Gasteiger partial charge < -0.3 is 9.47 Å². The molecule has 0 radical (unpaired) electrons. The highest BCUT2D eigenvalue weighted by Gasteiger charge is 2.28. The molecule has 0 spiro atoms. The molecule has 1 rings (SSSR count). The summed E-state index contributed by atoms with van der Waals surface area (Å²) in [5.41, 5.74) is 0.162. The van der Waals surface area contributed by atoms with E-state index >= 15 is 0 Å². The highest BCUT2D eigenvalue weighted by Crippen LogP contribution is 2.42. The Bertz CT molecular complexity index is 435. The summed E-state index contributed by atoms with van der Waals surface area (Å²) in [5, 5.41) is 9.19. The van der Waals surface area contributed by atoms with Crippen LogP contribution in [0.5, 0.6) is 11.5 Å². The Morgan fingerprint density at radius 3 is 2.12 bits per heavy atom. The molecule has 0 N–H and O–H groups in total. The van der Waals surface area contributed by atoms with E-state index in [1.807, 2.05) is 13.8 Å². The van der Waals surface area contributed by atoms with Gasteiger partial charge in [0.05, 0.1) is 30.2 Å². The summed E-state index contributed by atoms with van der Waals surface area (Å²) in [5.74, 6) is 1.37. The standard InChI is InChI=1S/C12H14BrNO2/c1-12(2,7-14)10-8(15-3)5-6-9(16-4)11(10)13/h5-6H,1-4H3. The highest BCUT2D eigenvalue weighted by atomic mass is 79.9. The first kappa shape index (κ1) is 12.9. The van der Waals surface area contributed by atoms with Crippen molar-refractivity contribution in [1.82, 2.24) is 0 Å². The molecule has 0 amide bonds. The zero-order valence-electron chi connectivity index (χ0n) is 9.80. The maximum absolute atomic E-state index is 9.19. The first-order valence-corrected chi connectivity index (χ1v) is 5.59. The normalized spacial score (nSPS) is 10.8. The van der Waals surface area contributed by atoms with Crippen LogP contribution in [0.25, 0.3) is 0 Å². The molecule has 0 heterocycles. The van der Waals surface area contributed by atoms with Crippen LogP contribution < -0.4 is 9.47 Å². The Hall–Kier alpha value is -1.21. The number of halogens is 1. The number of nitriles is 1. The van der Waals surface area contributed by atoms with Crippen LogP contribution in [0, 0.1) is 11.3 Å². The molecule has 1 aromatic rings. The fraction of sp³-hybridized carbons (Fsp3) is 0.417. The van der Waals surface area contributed by atoms with Crippen molar-refractivity contribution in [1.29, 1.82) is 5.26 Å². The Kier molecular flexibility index (Phi) is 3.82. The van der Waals surface area contributed by atoms with Crippen LogP contribution in [0.3, 0.4) is 0 Å². The number of hydrogen-bond donors (Lipinski definition) is 0. The molecule has 86 valence electrons. The van der Waals surface area contributed by atoms with E-state index in [0.717, 1.165) is 10.0 Å². The second-order valence-electron chi connectivity index (χ2n) is 3.90. The van der Waals surface area contributed by atoms with Crippen LogP contribution >= 0.6 is 15.9 Å². The summed E-state index contributed by atoms with van der Waals surface area (Å²) >= 11 is 3.45. The number of hydrogen-bond acceptors (Lipinski definition) is 3. The summed E-state index contributed by atoms with van der Waals surface area (Å²) < 4.78 is 11.3. The van der Waals surface area contributed by atoms with Crippen molar-refractivity contribution in [3.63, 3.8) is 0 Å². The zero-order valence-corrected chi connectivity index (χ0v) is 11.4. The minimum atomic E-state index is -0.640. The van der Waals surface area contributed by atoms with Crippen LogP contribution in [0.2, 0.25) is 0 Å². The minimum Gasteiger partial charge on any atom is -0.496 e. The van der Waals surface area contributed by atoms with E-state index in [1.54, 1.807) is 26.4 Å². The molecule has 0 aliphatic carbocycles. The lowest BCUT2D eigenvalue weighted by atomic mass is 9.85. The fourth-order valence-corrected chi connectivity index (χ4v) is 2.49.